The van der Waals surface area contributed by atoms with Gasteiger partial charge in [-0.05, 0) is 13.3 Å². The lowest BCUT2D eigenvalue weighted by Gasteiger charge is -2.15. The standard InChI is InChI=1S/C9H13FN2OS/c1-5-11-12-8(14-5)3-7(13)9(2)4-6(9)10/h6-7,13H,3-4H2,1-2H3. The predicted octanol–water partition coefficient (Wildman–Crippen LogP) is 1.50. The second-order valence-corrected chi connectivity index (χ2v) is 5.38. The molecule has 2 rings (SSSR count). The van der Waals surface area contributed by atoms with Gasteiger partial charge in [-0.1, -0.05) is 6.92 Å². The lowest BCUT2D eigenvalue weighted by atomic mass is 9.99. The third-order valence-electron chi connectivity index (χ3n) is 2.87. The summed E-state index contributed by atoms with van der Waals surface area (Å²) in [7, 11) is 0. The number of aliphatic hydroxyl groups excluding tert-OH is 1. The van der Waals surface area contributed by atoms with Crippen LogP contribution < -0.4 is 0 Å². The summed E-state index contributed by atoms with van der Waals surface area (Å²) in [5.41, 5.74) is -0.542. The molecule has 1 aliphatic rings. The summed E-state index contributed by atoms with van der Waals surface area (Å²) in [6, 6.07) is 0. The first-order valence-electron chi connectivity index (χ1n) is 4.63. The molecule has 0 radical (unpaired) electrons. The Bertz CT molecular complexity index is 343. The second-order valence-electron chi connectivity index (χ2n) is 4.11. The first-order valence-corrected chi connectivity index (χ1v) is 5.45. The molecule has 1 N–H and O–H groups in total. The van der Waals surface area contributed by atoms with E-state index in [1.54, 1.807) is 6.92 Å². The van der Waals surface area contributed by atoms with Crippen LogP contribution in [-0.2, 0) is 6.42 Å². The molecule has 3 atom stereocenters. The molecule has 1 aromatic rings. The van der Waals surface area contributed by atoms with Gasteiger partial charge in [0.25, 0.3) is 0 Å². The molecule has 3 nitrogen and oxygen atoms in total. The summed E-state index contributed by atoms with van der Waals surface area (Å²) < 4.78 is 12.9. The number of halogens is 1. The van der Waals surface area contributed by atoms with Crippen LogP contribution in [0, 0.1) is 12.3 Å². The molecule has 78 valence electrons. The molecule has 0 amide bonds. The maximum Gasteiger partial charge on any atom is 0.120 e. The highest BCUT2D eigenvalue weighted by atomic mass is 32.1. The van der Waals surface area contributed by atoms with Gasteiger partial charge in [0.15, 0.2) is 0 Å². The summed E-state index contributed by atoms with van der Waals surface area (Å²) >= 11 is 1.46. The highest BCUT2D eigenvalue weighted by molar-refractivity contribution is 7.11. The molecule has 0 aromatic carbocycles. The monoisotopic (exact) mass is 216 g/mol. The average Bonchev–Trinajstić information content (AvgIpc) is 2.56. The quantitative estimate of drug-likeness (QED) is 0.832. The van der Waals surface area contributed by atoms with Gasteiger partial charge < -0.3 is 5.11 Å². The third-order valence-corrected chi connectivity index (χ3v) is 3.73. The molecule has 5 heteroatoms. The van der Waals surface area contributed by atoms with E-state index in [-0.39, 0.29) is 0 Å². The Kier molecular flexibility index (Phi) is 2.31. The average molecular weight is 216 g/mol. The van der Waals surface area contributed by atoms with Crippen molar-refractivity contribution in [3.05, 3.63) is 10.0 Å². The molecule has 1 aromatic heterocycles. The van der Waals surface area contributed by atoms with Gasteiger partial charge in [-0.25, -0.2) is 4.39 Å². The van der Waals surface area contributed by atoms with E-state index in [0.29, 0.717) is 12.8 Å². The molecule has 1 saturated carbocycles. The van der Waals surface area contributed by atoms with Crippen molar-refractivity contribution in [1.82, 2.24) is 10.2 Å². The molecule has 0 aliphatic heterocycles. The Balaban J connectivity index is 1.98. The van der Waals surface area contributed by atoms with Gasteiger partial charge in [0.2, 0.25) is 0 Å². The minimum atomic E-state index is -0.855. The Morgan fingerprint density at radius 3 is 2.79 bits per heavy atom. The molecule has 1 fully saturated rings. The molecular formula is C9H13FN2OS. The summed E-state index contributed by atoms with van der Waals surface area (Å²) in [5.74, 6) is 0. The van der Waals surface area contributed by atoms with Gasteiger partial charge in [-0.3, -0.25) is 0 Å². The van der Waals surface area contributed by atoms with E-state index in [0.717, 1.165) is 10.0 Å². The smallest absolute Gasteiger partial charge is 0.120 e. The Morgan fingerprint density at radius 2 is 2.36 bits per heavy atom. The molecular weight excluding hydrogens is 203 g/mol. The number of aromatic nitrogens is 2. The van der Waals surface area contributed by atoms with Crippen LogP contribution in [-0.4, -0.2) is 27.6 Å². The highest BCUT2D eigenvalue weighted by Crippen LogP contribution is 2.51. The molecule has 3 unspecified atom stereocenters. The lowest BCUT2D eigenvalue weighted by molar-refractivity contribution is 0.0874. The van der Waals surface area contributed by atoms with Crippen molar-refractivity contribution in [1.29, 1.82) is 0 Å². The van der Waals surface area contributed by atoms with E-state index < -0.39 is 17.7 Å². The Hall–Kier alpha value is -0.550. The maximum absolute atomic E-state index is 12.9. The van der Waals surface area contributed by atoms with Crippen molar-refractivity contribution in [2.45, 2.75) is 39.0 Å². The van der Waals surface area contributed by atoms with Crippen LogP contribution in [0.5, 0.6) is 0 Å². The zero-order chi connectivity index (χ0) is 10.3. The second kappa shape index (κ2) is 3.24. The van der Waals surface area contributed by atoms with Crippen molar-refractivity contribution in [3.8, 4) is 0 Å². The SMILES string of the molecule is Cc1nnc(CC(O)C2(C)CC2F)s1. The van der Waals surface area contributed by atoms with E-state index >= 15 is 0 Å². The Labute approximate surface area is 86.0 Å². The molecule has 0 spiro atoms. The third kappa shape index (κ3) is 1.66. The molecule has 1 aliphatic carbocycles. The number of aliphatic hydroxyl groups is 1. The number of hydrogen-bond donors (Lipinski definition) is 1. The van der Waals surface area contributed by atoms with Crippen molar-refractivity contribution in [3.63, 3.8) is 0 Å². The van der Waals surface area contributed by atoms with Gasteiger partial charge in [0, 0.05) is 11.8 Å². The van der Waals surface area contributed by atoms with Crippen molar-refractivity contribution < 1.29 is 9.50 Å². The van der Waals surface area contributed by atoms with Gasteiger partial charge in [-0.2, -0.15) is 0 Å². The normalized spacial score (nSPS) is 33.0. The van der Waals surface area contributed by atoms with E-state index in [1.165, 1.54) is 11.3 Å². The molecule has 0 saturated heterocycles. The zero-order valence-corrected chi connectivity index (χ0v) is 9.01. The van der Waals surface area contributed by atoms with Gasteiger partial charge in [-0.15, -0.1) is 21.5 Å². The first-order chi connectivity index (χ1) is 6.52. The number of nitrogens with zero attached hydrogens (tertiary/aromatic N) is 2. The zero-order valence-electron chi connectivity index (χ0n) is 8.20. The van der Waals surface area contributed by atoms with E-state index in [9.17, 15) is 9.50 Å². The van der Waals surface area contributed by atoms with E-state index in [1.807, 2.05) is 6.92 Å². The summed E-state index contributed by atoms with van der Waals surface area (Å²) in [6.45, 7) is 3.64. The van der Waals surface area contributed by atoms with Gasteiger partial charge in [0.1, 0.15) is 16.2 Å². The minimum Gasteiger partial charge on any atom is -0.392 e. The molecule has 14 heavy (non-hydrogen) atoms. The Morgan fingerprint density at radius 1 is 1.71 bits per heavy atom. The first kappa shape index (κ1) is 9.98. The van der Waals surface area contributed by atoms with Crippen LogP contribution in [0.1, 0.15) is 23.4 Å². The number of alkyl halides is 1. The highest BCUT2D eigenvalue weighted by Gasteiger charge is 2.56. The van der Waals surface area contributed by atoms with Crippen LogP contribution in [0.2, 0.25) is 0 Å². The molecule has 1 heterocycles. The fourth-order valence-electron chi connectivity index (χ4n) is 1.49. The fourth-order valence-corrected chi connectivity index (χ4v) is 2.24. The maximum atomic E-state index is 12.9. The van der Waals surface area contributed by atoms with Crippen molar-refractivity contribution >= 4 is 11.3 Å². The van der Waals surface area contributed by atoms with Crippen molar-refractivity contribution in [2.75, 3.05) is 0 Å². The van der Waals surface area contributed by atoms with Gasteiger partial charge >= 0.3 is 0 Å². The largest absolute Gasteiger partial charge is 0.392 e. The van der Waals surface area contributed by atoms with Crippen molar-refractivity contribution in [2.24, 2.45) is 5.41 Å². The topological polar surface area (TPSA) is 46.0 Å². The molecule has 0 bridgehead atoms. The number of hydrogen-bond acceptors (Lipinski definition) is 4. The van der Waals surface area contributed by atoms with Crippen LogP contribution in [0.25, 0.3) is 0 Å². The fraction of sp³-hybridized carbons (Fsp3) is 0.778. The summed E-state index contributed by atoms with van der Waals surface area (Å²) in [4.78, 5) is 0. The van der Waals surface area contributed by atoms with Gasteiger partial charge in [0.05, 0.1) is 6.10 Å². The minimum absolute atomic E-state index is 0.419. The van der Waals surface area contributed by atoms with Crippen LogP contribution in [0.4, 0.5) is 4.39 Å². The summed E-state index contributed by atoms with van der Waals surface area (Å²) in [5, 5.41) is 19.2. The number of aryl methyl sites for hydroxylation is 1. The van der Waals surface area contributed by atoms with Crippen LogP contribution in [0.15, 0.2) is 0 Å². The van der Waals surface area contributed by atoms with E-state index in [2.05, 4.69) is 10.2 Å². The van der Waals surface area contributed by atoms with Crippen LogP contribution in [0.3, 0.4) is 0 Å². The van der Waals surface area contributed by atoms with E-state index in [4.69, 9.17) is 0 Å². The predicted molar refractivity (Wildman–Crippen MR) is 52.0 cm³/mol. The number of rotatable bonds is 3. The lowest BCUT2D eigenvalue weighted by Crippen LogP contribution is -2.23. The summed E-state index contributed by atoms with van der Waals surface area (Å²) in [6.07, 6.45) is -0.606. The van der Waals surface area contributed by atoms with Crippen LogP contribution >= 0.6 is 11.3 Å².